The van der Waals surface area contributed by atoms with Crippen LogP contribution in [0, 0.1) is 0 Å². The lowest BCUT2D eigenvalue weighted by molar-refractivity contribution is 0.0678. The Kier molecular flexibility index (Phi) is 4.34. The van der Waals surface area contributed by atoms with Crippen molar-refractivity contribution in [1.82, 2.24) is 4.90 Å². The number of amides is 1. The summed E-state index contributed by atoms with van der Waals surface area (Å²) in [5.74, 6) is 0.725. The lowest BCUT2D eigenvalue weighted by atomic mass is 10.1. The quantitative estimate of drug-likeness (QED) is 0.800. The summed E-state index contributed by atoms with van der Waals surface area (Å²) >= 11 is 0. The number of likely N-dealkylation sites (tertiary alicyclic amines) is 1. The molecule has 1 amide bonds. The largest absolute Gasteiger partial charge is 0.497 e. The van der Waals surface area contributed by atoms with Crippen molar-refractivity contribution in [2.75, 3.05) is 33.1 Å². The molecule has 1 aromatic rings. The Balaban J connectivity index is 2.38. The van der Waals surface area contributed by atoms with E-state index in [2.05, 4.69) is 0 Å². The van der Waals surface area contributed by atoms with Gasteiger partial charge in [-0.3, -0.25) is 4.79 Å². The Bertz CT molecular complexity index is 504. The van der Waals surface area contributed by atoms with E-state index < -0.39 is 0 Å². The molecule has 0 bridgehead atoms. The number of methoxy groups -OCH3 is 2. The van der Waals surface area contributed by atoms with Crippen molar-refractivity contribution in [1.29, 1.82) is 0 Å². The van der Waals surface area contributed by atoms with Gasteiger partial charge in [0.1, 0.15) is 11.5 Å². The first-order chi connectivity index (χ1) is 9.62. The minimum absolute atomic E-state index is 0.0350. The van der Waals surface area contributed by atoms with Gasteiger partial charge >= 0.3 is 0 Å². The maximum absolute atomic E-state index is 12.6. The van der Waals surface area contributed by atoms with E-state index >= 15 is 0 Å². The van der Waals surface area contributed by atoms with Crippen molar-refractivity contribution in [3.8, 4) is 11.5 Å². The van der Waals surface area contributed by atoms with Crippen LogP contribution in [0.2, 0.25) is 0 Å². The molecule has 0 aromatic heterocycles. The molecule has 0 unspecified atom stereocenters. The predicted octanol–water partition coefficient (Wildman–Crippen LogP) is 0.883. The summed E-state index contributed by atoms with van der Waals surface area (Å²) in [5, 5.41) is 9.33. The molecule has 0 radical (unpaired) electrons. The van der Waals surface area contributed by atoms with Crippen LogP contribution in [0.3, 0.4) is 0 Å². The summed E-state index contributed by atoms with van der Waals surface area (Å²) < 4.78 is 10.3. The smallest absolute Gasteiger partial charge is 0.256 e. The number of nitrogens with zero attached hydrogens (tertiary/aromatic N) is 1. The van der Waals surface area contributed by atoms with Crippen molar-refractivity contribution in [2.24, 2.45) is 0 Å². The number of benzene rings is 1. The number of anilines is 1. The molecule has 6 nitrogen and oxygen atoms in total. The molecule has 1 aliphatic rings. The summed E-state index contributed by atoms with van der Waals surface area (Å²) in [6, 6.07) is 3.10. The second-order valence-corrected chi connectivity index (χ2v) is 4.77. The molecule has 1 aliphatic heterocycles. The number of carbonyl (C=O) groups is 1. The van der Waals surface area contributed by atoms with Crippen LogP contribution in [-0.4, -0.2) is 49.3 Å². The molecule has 0 aliphatic carbocycles. The van der Waals surface area contributed by atoms with Crippen LogP contribution in [0.5, 0.6) is 11.5 Å². The van der Waals surface area contributed by atoms with E-state index in [-0.39, 0.29) is 18.6 Å². The Morgan fingerprint density at radius 1 is 1.45 bits per heavy atom. The molecule has 1 heterocycles. The normalized spacial score (nSPS) is 18.1. The highest BCUT2D eigenvalue weighted by atomic mass is 16.5. The molecule has 2 rings (SSSR count). The van der Waals surface area contributed by atoms with Gasteiger partial charge in [-0.2, -0.15) is 0 Å². The van der Waals surface area contributed by atoms with Gasteiger partial charge in [0.05, 0.1) is 38.1 Å². The third-order valence-corrected chi connectivity index (χ3v) is 3.65. The number of hydrogen-bond donors (Lipinski definition) is 2. The third-order valence-electron chi connectivity index (χ3n) is 3.65. The Labute approximate surface area is 118 Å². The van der Waals surface area contributed by atoms with E-state index in [0.29, 0.717) is 29.3 Å². The summed E-state index contributed by atoms with van der Waals surface area (Å²) in [5.41, 5.74) is 6.62. The van der Waals surface area contributed by atoms with Gasteiger partial charge in [-0.25, -0.2) is 0 Å². The van der Waals surface area contributed by atoms with E-state index in [4.69, 9.17) is 15.2 Å². The first-order valence-corrected chi connectivity index (χ1v) is 6.55. The lowest BCUT2D eigenvalue weighted by Gasteiger charge is -2.24. The van der Waals surface area contributed by atoms with E-state index in [9.17, 15) is 9.90 Å². The number of ether oxygens (including phenoxy) is 2. The Morgan fingerprint density at radius 2 is 2.20 bits per heavy atom. The van der Waals surface area contributed by atoms with Crippen LogP contribution in [0.4, 0.5) is 5.69 Å². The Hall–Kier alpha value is -1.95. The predicted molar refractivity (Wildman–Crippen MR) is 75.1 cm³/mol. The minimum atomic E-state index is -0.198. The topological polar surface area (TPSA) is 85.0 Å². The molecule has 1 atom stereocenters. The summed E-state index contributed by atoms with van der Waals surface area (Å²) in [6.07, 6.45) is 1.70. The van der Waals surface area contributed by atoms with Crippen molar-refractivity contribution < 1.29 is 19.4 Å². The minimum Gasteiger partial charge on any atom is -0.497 e. The molecule has 6 heteroatoms. The zero-order valence-corrected chi connectivity index (χ0v) is 11.8. The standard InChI is InChI=1S/C14H20N2O4/c1-19-10-6-11(13(15)12(7-10)20-2)14(18)16-5-3-4-9(16)8-17/h6-7,9,17H,3-5,8,15H2,1-2H3/t9-/m0/s1. The fourth-order valence-electron chi connectivity index (χ4n) is 2.51. The highest BCUT2D eigenvalue weighted by Gasteiger charge is 2.30. The van der Waals surface area contributed by atoms with Crippen LogP contribution < -0.4 is 15.2 Å². The van der Waals surface area contributed by atoms with E-state index in [0.717, 1.165) is 12.8 Å². The summed E-state index contributed by atoms with van der Waals surface area (Å²) in [7, 11) is 3.01. The zero-order chi connectivity index (χ0) is 14.7. The SMILES string of the molecule is COc1cc(OC)c(N)c(C(=O)N2CCC[C@H]2CO)c1. The number of nitrogen functional groups attached to an aromatic ring is 1. The van der Waals surface area contributed by atoms with E-state index in [1.807, 2.05) is 0 Å². The average Bonchev–Trinajstić information content (AvgIpc) is 2.95. The van der Waals surface area contributed by atoms with Gasteiger partial charge in [0.15, 0.2) is 0 Å². The van der Waals surface area contributed by atoms with Crippen LogP contribution >= 0.6 is 0 Å². The molecule has 0 spiro atoms. The molecular formula is C14H20N2O4. The fraction of sp³-hybridized carbons (Fsp3) is 0.500. The molecule has 110 valence electrons. The molecule has 1 saturated heterocycles. The van der Waals surface area contributed by atoms with Crippen LogP contribution in [0.25, 0.3) is 0 Å². The van der Waals surface area contributed by atoms with Gasteiger partial charge in [-0.05, 0) is 18.9 Å². The first kappa shape index (κ1) is 14.5. The highest BCUT2D eigenvalue weighted by molar-refractivity contribution is 6.01. The summed E-state index contributed by atoms with van der Waals surface area (Å²) in [6.45, 7) is 0.593. The maximum Gasteiger partial charge on any atom is 0.256 e. The third kappa shape index (κ3) is 2.51. The first-order valence-electron chi connectivity index (χ1n) is 6.55. The monoisotopic (exact) mass is 280 g/mol. The Morgan fingerprint density at radius 3 is 2.80 bits per heavy atom. The number of rotatable bonds is 4. The second-order valence-electron chi connectivity index (χ2n) is 4.77. The number of carbonyl (C=O) groups excluding carboxylic acids is 1. The summed E-state index contributed by atoms with van der Waals surface area (Å²) in [4.78, 5) is 14.3. The van der Waals surface area contributed by atoms with Gasteiger partial charge in [0, 0.05) is 12.6 Å². The van der Waals surface area contributed by atoms with Gasteiger partial charge < -0.3 is 25.2 Å². The van der Waals surface area contributed by atoms with E-state index in [1.165, 1.54) is 14.2 Å². The van der Waals surface area contributed by atoms with Gasteiger partial charge in [0.25, 0.3) is 5.91 Å². The molecule has 1 fully saturated rings. The highest BCUT2D eigenvalue weighted by Crippen LogP contribution is 2.33. The van der Waals surface area contributed by atoms with Gasteiger partial charge in [0.2, 0.25) is 0 Å². The molecule has 20 heavy (non-hydrogen) atoms. The molecule has 3 N–H and O–H groups in total. The molecule has 1 aromatic carbocycles. The van der Waals surface area contributed by atoms with Crippen LogP contribution in [-0.2, 0) is 0 Å². The zero-order valence-electron chi connectivity index (χ0n) is 11.8. The average molecular weight is 280 g/mol. The van der Waals surface area contributed by atoms with Crippen LogP contribution in [0.15, 0.2) is 12.1 Å². The lowest BCUT2D eigenvalue weighted by Crippen LogP contribution is -2.38. The van der Waals surface area contributed by atoms with Crippen molar-refractivity contribution >= 4 is 11.6 Å². The van der Waals surface area contributed by atoms with Crippen molar-refractivity contribution in [3.63, 3.8) is 0 Å². The number of nitrogens with two attached hydrogens (primary N) is 1. The van der Waals surface area contributed by atoms with Crippen LogP contribution in [0.1, 0.15) is 23.2 Å². The van der Waals surface area contributed by atoms with Gasteiger partial charge in [-0.1, -0.05) is 0 Å². The molecular weight excluding hydrogens is 260 g/mol. The number of aliphatic hydroxyl groups excluding tert-OH is 1. The van der Waals surface area contributed by atoms with Crippen molar-refractivity contribution in [2.45, 2.75) is 18.9 Å². The number of aliphatic hydroxyl groups is 1. The fourth-order valence-corrected chi connectivity index (χ4v) is 2.51. The second kappa shape index (κ2) is 6.00. The van der Waals surface area contributed by atoms with E-state index in [1.54, 1.807) is 17.0 Å². The molecule has 0 saturated carbocycles. The number of hydrogen-bond acceptors (Lipinski definition) is 5. The maximum atomic E-state index is 12.6. The van der Waals surface area contributed by atoms with Gasteiger partial charge in [-0.15, -0.1) is 0 Å². The van der Waals surface area contributed by atoms with Crippen molar-refractivity contribution in [3.05, 3.63) is 17.7 Å².